The van der Waals surface area contributed by atoms with E-state index in [4.69, 9.17) is 0 Å². The standard InChI is InChI=1S/C13H9BrF3N/c14-11-3-1-9(15)5-8(11)7-18-13-4-2-10(16)6-12(13)17/h1-6,18H,7H2. The van der Waals surface area contributed by atoms with Gasteiger partial charge in [0.2, 0.25) is 0 Å². The molecule has 2 aromatic carbocycles. The van der Waals surface area contributed by atoms with Gasteiger partial charge in [-0.05, 0) is 35.9 Å². The molecule has 0 bridgehead atoms. The van der Waals surface area contributed by atoms with Crippen LogP contribution in [-0.4, -0.2) is 0 Å². The molecule has 5 heteroatoms. The highest BCUT2D eigenvalue weighted by Gasteiger charge is 2.05. The molecule has 0 spiro atoms. The van der Waals surface area contributed by atoms with Crippen LogP contribution in [-0.2, 0) is 6.54 Å². The summed E-state index contributed by atoms with van der Waals surface area (Å²) in [6, 6.07) is 7.50. The lowest BCUT2D eigenvalue weighted by Gasteiger charge is -2.09. The summed E-state index contributed by atoms with van der Waals surface area (Å²) >= 11 is 3.27. The van der Waals surface area contributed by atoms with Crippen molar-refractivity contribution in [3.8, 4) is 0 Å². The molecule has 0 saturated carbocycles. The summed E-state index contributed by atoms with van der Waals surface area (Å²) in [5, 5.41) is 2.79. The zero-order chi connectivity index (χ0) is 13.1. The molecule has 0 amide bonds. The monoisotopic (exact) mass is 315 g/mol. The van der Waals surface area contributed by atoms with Gasteiger partial charge in [0.15, 0.2) is 0 Å². The normalized spacial score (nSPS) is 10.4. The molecule has 0 heterocycles. The largest absolute Gasteiger partial charge is 0.379 e. The van der Waals surface area contributed by atoms with Crippen LogP contribution in [0.25, 0.3) is 0 Å². The lowest BCUT2D eigenvalue weighted by atomic mass is 10.2. The maximum atomic E-state index is 13.3. The highest BCUT2D eigenvalue weighted by atomic mass is 79.9. The first-order chi connectivity index (χ1) is 8.56. The van der Waals surface area contributed by atoms with Crippen LogP contribution in [0.4, 0.5) is 18.9 Å². The highest BCUT2D eigenvalue weighted by Crippen LogP contribution is 2.21. The second-order valence-corrected chi connectivity index (χ2v) is 4.57. The molecule has 0 saturated heterocycles. The Morgan fingerprint density at radius 1 is 0.944 bits per heavy atom. The van der Waals surface area contributed by atoms with Crippen LogP contribution in [0.15, 0.2) is 40.9 Å². The predicted molar refractivity (Wildman–Crippen MR) is 67.8 cm³/mol. The van der Waals surface area contributed by atoms with Crippen molar-refractivity contribution in [2.45, 2.75) is 6.54 Å². The number of rotatable bonds is 3. The molecule has 18 heavy (non-hydrogen) atoms. The Kier molecular flexibility index (Phi) is 3.91. The number of benzene rings is 2. The van der Waals surface area contributed by atoms with Crippen molar-refractivity contribution < 1.29 is 13.2 Å². The molecule has 0 unspecified atom stereocenters. The summed E-state index contributed by atoms with van der Waals surface area (Å²) in [4.78, 5) is 0. The average molecular weight is 316 g/mol. The number of nitrogens with one attached hydrogen (secondary N) is 1. The van der Waals surface area contributed by atoms with E-state index in [0.29, 0.717) is 5.56 Å². The van der Waals surface area contributed by atoms with Crippen LogP contribution in [0, 0.1) is 17.5 Å². The first-order valence-electron chi connectivity index (χ1n) is 5.19. The van der Waals surface area contributed by atoms with E-state index in [1.54, 1.807) is 6.07 Å². The number of hydrogen-bond acceptors (Lipinski definition) is 1. The SMILES string of the molecule is Fc1ccc(NCc2cc(F)ccc2Br)c(F)c1. The minimum absolute atomic E-state index is 0.174. The van der Waals surface area contributed by atoms with E-state index >= 15 is 0 Å². The van der Waals surface area contributed by atoms with Gasteiger partial charge in [-0.25, -0.2) is 13.2 Å². The Hall–Kier alpha value is -1.49. The van der Waals surface area contributed by atoms with Crippen molar-refractivity contribution in [2.75, 3.05) is 5.32 Å². The molecule has 0 radical (unpaired) electrons. The van der Waals surface area contributed by atoms with Crippen LogP contribution in [0.3, 0.4) is 0 Å². The van der Waals surface area contributed by atoms with Gasteiger partial charge in [0.25, 0.3) is 0 Å². The topological polar surface area (TPSA) is 12.0 Å². The van der Waals surface area contributed by atoms with Crippen molar-refractivity contribution in [1.29, 1.82) is 0 Å². The van der Waals surface area contributed by atoms with E-state index in [2.05, 4.69) is 21.2 Å². The zero-order valence-corrected chi connectivity index (χ0v) is 10.8. The number of hydrogen-bond donors (Lipinski definition) is 1. The predicted octanol–water partition coefficient (Wildman–Crippen LogP) is 4.48. The Labute approximate surface area is 111 Å². The smallest absolute Gasteiger partial charge is 0.149 e. The van der Waals surface area contributed by atoms with Crippen molar-refractivity contribution in [3.63, 3.8) is 0 Å². The fourth-order valence-electron chi connectivity index (χ4n) is 1.50. The highest BCUT2D eigenvalue weighted by molar-refractivity contribution is 9.10. The lowest BCUT2D eigenvalue weighted by Crippen LogP contribution is -2.02. The molecular weight excluding hydrogens is 307 g/mol. The lowest BCUT2D eigenvalue weighted by molar-refractivity contribution is 0.585. The Bertz CT molecular complexity index is 572. The third kappa shape index (κ3) is 3.04. The van der Waals surface area contributed by atoms with Crippen LogP contribution in [0.1, 0.15) is 5.56 Å². The number of halogens is 4. The molecule has 2 rings (SSSR count). The van der Waals surface area contributed by atoms with Crippen molar-refractivity contribution in [1.82, 2.24) is 0 Å². The van der Waals surface area contributed by atoms with Gasteiger partial charge in [0, 0.05) is 17.1 Å². The van der Waals surface area contributed by atoms with E-state index in [1.165, 1.54) is 18.2 Å². The maximum absolute atomic E-state index is 13.3. The Morgan fingerprint density at radius 3 is 2.33 bits per heavy atom. The molecule has 94 valence electrons. The third-order valence-electron chi connectivity index (χ3n) is 2.41. The molecule has 0 atom stereocenters. The van der Waals surface area contributed by atoms with Gasteiger partial charge in [-0.2, -0.15) is 0 Å². The van der Waals surface area contributed by atoms with E-state index < -0.39 is 11.6 Å². The average Bonchev–Trinajstić information content (AvgIpc) is 2.32. The molecule has 1 N–H and O–H groups in total. The summed E-state index contributed by atoms with van der Waals surface area (Å²) in [6.45, 7) is 0.237. The summed E-state index contributed by atoms with van der Waals surface area (Å²) in [6.07, 6.45) is 0. The van der Waals surface area contributed by atoms with Crippen LogP contribution >= 0.6 is 15.9 Å². The summed E-state index contributed by atoms with van der Waals surface area (Å²) in [7, 11) is 0. The summed E-state index contributed by atoms with van der Waals surface area (Å²) in [5.41, 5.74) is 0.825. The van der Waals surface area contributed by atoms with Gasteiger partial charge in [0.05, 0.1) is 5.69 Å². The minimum Gasteiger partial charge on any atom is -0.379 e. The van der Waals surface area contributed by atoms with E-state index in [0.717, 1.165) is 16.6 Å². The van der Waals surface area contributed by atoms with Crippen molar-refractivity contribution >= 4 is 21.6 Å². The van der Waals surface area contributed by atoms with Gasteiger partial charge in [-0.15, -0.1) is 0 Å². The van der Waals surface area contributed by atoms with E-state index in [9.17, 15) is 13.2 Å². The van der Waals surface area contributed by atoms with Gasteiger partial charge in [0.1, 0.15) is 17.5 Å². The summed E-state index contributed by atoms with van der Waals surface area (Å²) < 4.78 is 39.8. The molecule has 1 nitrogen and oxygen atoms in total. The van der Waals surface area contributed by atoms with E-state index in [-0.39, 0.29) is 18.0 Å². The first-order valence-corrected chi connectivity index (χ1v) is 5.98. The first kappa shape index (κ1) is 13.0. The van der Waals surface area contributed by atoms with Crippen molar-refractivity contribution in [3.05, 3.63) is 63.9 Å². The van der Waals surface area contributed by atoms with Gasteiger partial charge in [-0.1, -0.05) is 15.9 Å². The molecular formula is C13H9BrF3N. The van der Waals surface area contributed by atoms with Gasteiger partial charge >= 0.3 is 0 Å². The second-order valence-electron chi connectivity index (χ2n) is 3.71. The molecule has 0 aliphatic carbocycles. The molecule has 2 aromatic rings. The van der Waals surface area contributed by atoms with Gasteiger partial charge < -0.3 is 5.32 Å². The fraction of sp³-hybridized carbons (Fsp3) is 0.0769. The third-order valence-corrected chi connectivity index (χ3v) is 3.18. The van der Waals surface area contributed by atoms with E-state index in [1.807, 2.05) is 0 Å². The van der Waals surface area contributed by atoms with Gasteiger partial charge in [-0.3, -0.25) is 0 Å². The second kappa shape index (κ2) is 5.44. The Morgan fingerprint density at radius 2 is 1.61 bits per heavy atom. The maximum Gasteiger partial charge on any atom is 0.149 e. The van der Waals surface area contributed by atoms with Crippen LogP contribution in [0.5, 0.6) is 0 Å². The molecule has 0 aliphatic heterocycles. The molecule has 0 fully saturated rings. The fourth-order valence-corrected chi connectivity index (χ4v) is 1.89. The minimum atomic E-state index is -0.678. The Balaban J connectivity index is 2.13. The number of anilines is 1. The zero-order valence-electron chi connectivity index (χ0n) is 9.18. The van der Waals surface area contributed by atoms with Crippen LogP contribution < -0.4 is 5.32 Å². The van der Waals surface area contributed by atoms with Crippen molar-refractivity contribution in [2.24, 2.45) is 0 Å². The quantitative estimate of drug-likeness (QED) is 0.880. The molecule has 0 aromatic heterocycles. The summed E-state index contributed by atoms with van der Waals surface area (Å²) in [5.74, 6) is -1.68. The molecule has 0 aliphatic rings. The van der Waals surface area contributed by atoms with Crippen LogP contribution in [0.2, 0.25) is 0 Å².